The van der Waals surface area contributed by atoms with E-state index in [0.717, 1.165) is 16.9 Å². The third kappa shape index (κ3) is 1.95. The Kier molecular flexibility index (Phi) is 2.27. The van der Waals surface area contributed by atoms with E-state index in [9.17, 15) is 8.42 Å². The van der Waals surface area contributed by atoms with Crippen molar-refractivity contribution < 1.29 is 8.42 Å². The molecule has 5 heteroatoms. The van der Waals surface area contributed by atoms with Gasteiger partial charge in [0.1, 0.15) is 4.21 Å². The molecule has 0 saturated heterocycles. The van der Waals surface area contributed by atoms with Crippen molar-refractivity contribution >= 4 is 32.8 Å². The van der Waals surface area contributed by atoms with Crippen molar-refractivity contribution in [2.45, 2.75) is 11.1 Å². The lowest BCUT2D eigenvalue weighted by Crippen LogP contribution is -1.91. The van der Waals surface area contributed by atoms with Gasteiger partial charge in [0.2, 0.25) is 0 Å². The molecule has 0 unspecified atom stereocenters. The lowest BCUT2D eigenvalue weighted by molar-refractivity contribution is 0.604. The van der Waals surface area contributed by atoms with Gasteiger partial charge in [-0.2, -0.15) is 0 Å². The molecule has 0 bridgehead atoms. The highest BCUT2D eigenvalue weighted by atomic mass is 35.5. The largest absolute Gasteiger partial charge is 0.223 e. The minimum absolute atomic E-state index is 0.333. The molecule has 0 N–H and O–H groups in total. The average Bonchev–Trinajstić information content (AvgIpc) is 2.11. The van der Waals surface area contributed by atoms with Gasteiger partial charge in [0.25, 0.3) is 0 Å². The Morgan fingerprint density at radius 1 is 1.55 bits per heavy atom. The van der Waals surface area contributed by atoms with Crippen molar-refractivity contribution in [1.29, 1.82) is 0 Å². The van der Waals surface area contributed by atoms with Crippen LogP contribution in [0.2, 0.25) is 4.34 Å². The summed E-state index contributed by atoms with van der Waals surface area (Å²) in [4.78, 5) is 0. The molecule has 1 aromatic rings. The number of hydrogen-bond acceptors (Lipinski definition) is 3. The fourth-order valence-electron chi connectivity index (χ4n) is 0.615. The molecule has 2 nitrogen and oxygen atoms in total. The number of thiophene rings is 1. The monoisotopic (exact) mass is 210 g/mol. The predicted molar refractivity (Wildman–Crippen MR) is 47.2 cm³/mol. The standard InChI is InChI=1S/C6H7ClO2S2/c1-4-3-5(10-6(4)7)11(2,8)9/h3H,1-2H3. The summed E-state index contributed by atoms with van der Waals surface area (Å²) in [5.41, 5.74) is 0.817. The molecule has 1 heterocycles. The highest BCUT2D eigenvalue weighted by Crippen LogP contribution is 2.29. The molecule has 0 radical (unpaired) electrons. The molecule has 0 fully saturated rings. The van der Waals surface area contributed by atoms with Crippen LogP contribution < -0.4 is 0 Å². The lowest BCUT2D eigenvalue weighted by atomic mass is 10.4. The van der Waals surface area contributed by atoms with Crippen LogP contribution in [0.25, 0.3) is 0 Å². The Labute approximate surface area is 74.7 Å². The van der Waals surface area contributed by atoms with E-state index >= 15 is 0 Å². The summed E-state index contributed by atoms with van der Waals surface area (Å²) in [5.74, 6) is 0. The third-order valence-corrected chi connectivity index (χ3v) is 4.56. The van der Waals surface area contributed by atoms with Gasteiger partial charge in [0, 0.05) is 6.26 Å². The quantitative estimate of drug-likeness (QED) is 0.712. The second kappa shape index (κ2) is 2.77. The van der Waals surface area contributed by atoms with Crippen LogP contribution in [0.15, 0.2) is 10.3 Å². The van der Waals surface area contributed by atoms with Crippen LogP contribution in [0, 0.1) is 6.92 Å². The molecular weight excluding hydrogens is 204 g/mol. The molecule has 1 rings (SSSR count). The first kappa shape index (κ1) is 9.03. The minimum atomic E-state index is -3.07. The first-order chi connectivity index (χ1) is 4.91. The SMILES string of the molecule is Cc1cc(S(C)(=O)=O)sc1Cl. The first-order valence-electron chi connectivity index (χ1n) is 2.87. The summed E-state index contributed by atoms with van der Waals surface area (Å²) in [6.45, 7) is 1.79. The van der Waals surface area contributed by atoms with Gasteiger partial charge in [0.15, 0.2) is 9.84 Å². The molecule has 0 aliphatic heterocycles. The van der Waals surface area contributed by atoms with Crippen LogP contribution >= 0.6 is 22.9 Å². The summed E-state index contributed by atoms with van der Waals surface area (Å²) in [6, 6.07) is 1.59. The fourth-order valence-corrected chi connectivity index (χ4v) is 2.93. The van der Waals surface area contributed by atoms with Crippen molar-refractivity contribution in [2.24, 2.45) is 0 Å². The zero-order valence-electron chi connectivity index (χ0n) is 6.09. The number of hydrogen-bond donors (Lipinski definition) is 0. The molecule has 0 atom stereocenters. The Bertz CT molecular complexity index is 344. The summed E-state index contributed by atoms with van der Waals surface area (Å²) in [5, 5.41) is 0. The van der Waals surface area contributed by atoms with E-state index in [4.69, 9.17) is 11.6 Å². The van der Waals surface area contributed by atoms with E-state index in [0.29, 0.717) is 8.55 Å². The number of halogens is 1. The molecule has 0 spiro atoms. The summed E-state index contributed by atoms with van der Waals surface area (Å²) < 4.78 is 22.8. The van der Waals surface area contributed by atoms with E-state index in [1.165, 1.54) is 6.26 Å². The van der Waals surface area contributed by atoms with Gasteiger partial charge in [-0.25, -0.2) is 8.42 Å². The number of sulfone groups is 1. The second-order valence-electron chi connectivity index (χ2n) is 2.29. The molecule has 0 amide bonds. The Morgan fingerprint density at radius 2 is 2.09 bits per heavy atom. The predicted octanol–water partition coefficient (Wildman–Crippen LogP) is 2.11. The van der Waals surface area contributed by atoms with Crippen molar-refractivity contribution in [3.63, 3.8) is 0 Å². The minimum Gasteiger partial charge on any atom is -0.223 e. The molecule has 0 aliphatic carbocycles. The van der Waals surface area contributed by atoms with Gasteiger partial charge in [-0.3, -0.25) is 0 Å². The van der Waals surface area contributed by atoms with E-state index < -0.39 is 9.84 Å². The summed E-state index contributed by atoms with van der Waals surface area (Å²) in [7, 11) is -3.07. The van der Waals surface area contributed by atoms with E-state index in [1.54, 1.807) is 13.0 Å². The first-order valence-corrected chi connectivity index (χ1v) is 5.96. The van der Waals surface area contributed by atoms with Crippen molar-refractivity contribution in [1.82, 2.24) is 0 Å². The van der Waals surface area contributed by atoms with Crippen LogP contribution in [0.4, 0.5) is 0 Å². The molecule has 62 valence electrons. The Balaban J connectivity index is 3.29. The van der Waals surface area contributed by atoms with Gasteiger partial charge in [-0.1, -0.05) is 11.6 Å². The van der Waals surface area contributed by atoms with Crippen LogP contribution in [0.1, 0.15) is 5.56 Å². The van der Waals surface area contributed by atoms with Gasteiger partial charge >= 0.3 is 0 Å². The Morgan fingerprint density at radius 3 is 2.27 bits per heavy atom. The number of aryl methyl sites for hydroxylation is 1. The molecule has 0 aromatic carbocycles. The molecule has 1 aromatic heterocycles. The fraction of sp³-hybridized carbons (Fsp3) is 0.333. The zero-order valence-corrected chi connectivity index (χ0v) is 8.48. The van der Waals surface area contributed by atoms with Crippen LogP contribution in [-0.4, -0.2) is 14.7 Å². The van der Waals surface area contributed by atoms with Crippen LogP contribution in [0.5, 0.6) is 0 Å². The number of rotatable bonds is 1. The van der Waals surface area contributed by atoms with Gasteiger partial charge in [-0.15, -0.1) is 11.3 Å². The van der Waals surface area contributed by atoms with Crippen molar-refractivity contribution in [3.05, 3.63) is 16.0 Å². The second-order valence-corrected chi connectivity index (χ2v) is 6.19. The van der Waals surface area contributed by atoms with E-state index in [-0.39, 0.29) is 0 Å². The summed E-state index contributed by atoms with van der Waals surface area (Å²) >= 11 is 6.79. The third-order valence-electron chi connectivity index (χ3n) is 1.20. The topological polar surface area (TPSA) is 34.1 Å². The molecular formula is C6H7ClO2S2. The van der Waals surface area contributed by atoms with Crippen LogP contribution in [0.3, 0.4) is 0 Å². The normalized spacial score (nSPS) is 11.9. The van der Waals surface area contributed by atoms with Crippen molar-refractivity contribution in [3.8, 4) is 0 Å². The summed E-state index contributed by atoms with van der Waals surface area (Å²) in [6.07, 6.45) is 1.18. The molecule has 11 heavy (non-hydrogen) atoms. The highest BCUT2D eigenvalue weighted by molar-refractivity contribution is 7.92. The van der Waals surface area contributed by atoms with Gasteiger partial charge in [0.05, 0.1) is 4.34 Å². The van der Waals surface area contributed by atoms with Gasteiger partial charge in [-0.05, 0) is 18.6 Å². The van der Waals surface area contributed by atoms with E-state index in [2.05, 4.69) is 0 Å². The zero-order chi connectivity index (χ0) is 8.65. The molecule has 0 saturated carbocycles. The van der Waals surface area contributed by atoms with Gasteiger partial charge < -0.3 is 0 Å². The van der Waals surface area contributed by atoms with Crippen LogP contribution in [-0.2, 0) is 9.84 Å². The maximum atomic E-state index is 11.0. The maximum Gasteiger partial charge on any atom is 0.184 e. The lowest BCUT2D eigenvalue weighted by Gasteiger charge is -1.86. The van der Waals surface area contributed by atoms with Crippen molar-refractivity contribution in [2.75, 3.05) is 6.26 Å². The maximum absolute atomic E-state index is 11.0. The Hall–Kier alpha value is -0.0600. The smallest absolute Gasteiger partial charge is 0.184 e. The highest BCUT2D eigenvalue weighted by Gasteiger charge is 2.11. The average molecular weight is 211 g/mol. The van der Waals surface area contributed by atoms with E-state index in [1.807, 2.05) is 0 Å². The molecule has 0 aliphatic rings.